The Bertz CT molecular complexity index is 661. The summed E-state index contributed by atoms with van der Waals surface area (Å²) in [5.41, 5.74) is 3.05. The molecule has 0 saturated heterocycles. The Labute approximate surface area is 122 Å². The fraction of sp³-hybridized carbons (Fsp3) is 0.200. The van der Waals surface area contributed by atoms with E-state index in [4.69, 9.17) is 9.15 Å². The van der Waals surface area contributed by atoms with Gasteiger partial charge in [0.15, 0.2) is 17.3 Å². The first-order valence-electron chi connectivity index (χ1n) is 6.46. The zero-order chi connectivity index (χ0) is 15.2. The summed E-state index contributed by atoms with van der Waals surface area (Å²) in [4.78, 5) is 11.7. The Morgan fingerprint density at radius 3 is 2.90 bits per heavy atom. The topological polar surface area (TPSA) is 84.1 Å². The molecule has 2 rings (SSSR count). The van der Waals surface area contributed by atoms with Crippen LogP contribution in [0.3, 0.4) is 0 Å². The van der Waals surface area contributed by atoms with Gasteiger partial charge in [-0.1, -0.05) is 0 Å². The molecule has 110 valence electrons. The van der Waals surface area contributed by atoms with E-state index in [0.29, 0.717) is 23.7 Å². The predicted molar refractivity (Wildman–Crippen MR) is 77.8 cm³/mol. The largest absolute Gasteiger partial charge is 0.504 e. The van der Waals surface area contributed by atoms with Crippen LogP contribution >= 0.6 is 0 Å². The number of aromatic hydroxyl groups is 1. The van der Waals surface area contributed by atoms with Gasteiger partial charge in [-0.2, -0.15) is 5.10 Å². The molecule has 0 saturated carbocycles. The molecule has 0 spiro atoms. The molecule has 21 heavy (non-hydrogen) atoms. The maximum absolute atomic E-state index is 11.7. The van der Waals surface area contributed by atoms with Gasteiger partial charge >= 0.3 is 5.91 Å². The van der Waals surface area contributed by atoms with Crippen LogP contribution in [0.2, 0.25) is 0 Å². The van der Waals surface area contributed by atoms with E-state index in [1.165, 1.54) is 12.3 Å². The summed E-state index contributed by atoms with van der Waals surface area (Å²) in [7, 11) is 0. The number of aryl methyl sites for hydroxylation is 1. The fourth-order valence-electron chi connectivity index (χ4n) is 1.66. The van der Waals surface area contributed by atoms with E-state index >= 15 is 0 Å². The second-order valence-corrected chi connectivity index (χ2v) is 4.27. The number of rotatable bonds is 5. The SMILES string of the molecule is CCOc1cc(/C=N/NC(=O)c2ccc(C)o2)ccc1O. The molecule has 1 heterocycles. The van der Waals surface area contributed by atoms with Crippen LogP contribution in [0.5, 0.6) is 11.5 Å². The maximum atomic E-state index is 11.7. The molecule has 6 nitrogen and oxygen atoms in total. The molecule has 0 fully saturated rings. The van der Waals surface area contributed by atoms with Gasteiger partial charge in [0.05, 0.1) is 12.8 Å². The number of hydrogen-bond donors (Lipinski definition) is 2. The van der Waals surface area contributed by atoms with Crippen molar-refractivity contribution in [1.29, 1.82) is 0 Å². The zero-order valence-electron chi connectivity index (χ0n) is 11.8. The number of nitrogens with zero attached hydrogens (tertiary/aromatic N) is 1. The molecule has 0 radical (unpaired) electrons. The van der Waals surface area contributed by atoms with E-state index in [2.05, 4.69) is 10.5 Å². The first-order chi connectivity index (χ1) is 10.1. The maximum Gasteiger partial charge on any atom is 0.307 e. The third-order valence-corrected chi connectivity index (χ3v) is 2.63. The minimum absolute atomic E-state index is 0.0593. The van der Waals surface area contributed by atoms with Crippen molar-refractivity contribution in [3.63, 3.8) is 0 Å². The van der Waals surface area contributed by atoms with E-state index < -0.39 is 5.91 Å². The molecule has 0 aliphatic carbocycles. The van der Waals surface area contributed by atoms with Crippen molar-refractivity contribution in [2.45, 2.75) is 13.8 Å². The van der Waals surface area contributed by atoms with Gasteiger partial charge in [0.1, 0.15) is 5.76 Å². The number of hydrazone groups is 1. The second kappa shape index (κ2) is 6.60. The number of hydrogen-bond acceptors (Lipinski definition) is 5. The summed E-state index contributed by atoms with van der Waals surface area (Å²) in [5, 5.41) is 13.4. The summed E-state index contributed by atoms with van der Waals surface area (Å²) in [6, 6.07) is 8.07. The summed E-state index contributed by atoms with van der Waals surface area (Å²) in [6.07, 6.45) is 1.45. The Kier molecular flexibility index (Phi) is 4.61. The van der Waals surface area contributed by atoms with Gasteiger partial charge in [0, 0.05) is 0 Å². The van der Waals surface area contributed by atoms with Gasteiger partial charge in [-0.25, -0.2) is 5.43 Å². The third kappa shape index (κ3) is 3.85. The first kappa shape index (κ1) is 14.6. The van der Waals surface area contributed by atoms with Crippen molar-refractivity contribution in [3.8, 4) is 11.5 Å². The van der Waals surface area contributed by atoms with Crippen molar-refractivity contribution >= 4 is 12.1 Å². The summed E-state index contributed by atoms with van der Waals surface area (Å²) < 4.78 is 10.4. The van der Waals surface area contributed by atoms with Crippen LogP contribution in [0.25, 0.3) is 0 Å². The monoisotopic (exact) mass is 288 g/mol. The molecule has 1 amide bonds. The molecule has 1 aromatic heterocycles. The van der Waals surface area contributed by atoms with E-state index in [1.807, 2.05) is 6.92 Å². The number of carbonyl (C=O) groups is 1. The van der Waals surface area contributed by atoms with Gasteiger partial charge in [0.2, 0.25) is 0 Å². The molecule has 2 N–H and O–H groups in total. The van der Waals surface area contributed by atoms with Gasteiger partial charge in [0.25, 0.3) is 0 Å². The number of ether oxygens (including phenoxy) is 1. The predicted octanol–water partition coefficient (Wildman–Crippen LogP) is 2.46. The van der Waals surface area contributed by atoms with Crippen LogP contribution < -0.4 is 10.2 Å². The summed E-state index contributed by atoms with van der Waals surface area (Å²) in [5.74, 6) is 0.857. The highest BCUT2D eigenvalue weighted by atomic mass is 16.5. The van der Waals surface area contributed by atoms with Crippen LogP contribution in [0, 0.1) is 6.92 Å². The number of amides is 1. The van der Waals surface area contributed by atoms with Crippen LogP contribution in [0.4, 0.5) is 0 Å². The molecular weight excluding hydrogens is 272 g/mol. The van der Waals surface area contributed by atoms with Crippen LogP contribution in [-0.4, -0.2) is 23.8 Å². The molecule has 2 aromatic rings. The van der Waals surface area contributed by atoms with Crippen molar-refractivity contribution in [1.82, 2.24) is 5.43 Å². The Morgan fingerprint density at radius 1 is 1.43 bits per heavy atom. The lowest BCUT2D eigenvalue weighted by molar-refractivity contribution is 0.0926. The highest BCUT2D eigenvalue weighted by molar-refractivity contribution is 5.92. The van der Waals surface area contributed by atoms with E-state index in [9.17, 15) is 9.90 Å². The van der Waals surface area contributed by atoms with Crippen molar-refractivity contribution < 1.29 is 19.1 Å². The Hall–Kier alpha value is -2.76. The number of benzene rings is 1. The average molecular weight is 288 g/mol. The molecule has 0 bridgehead atoms. The normalized spacial score (nSPS) is 10.8. The average Bonchev–Trinajstić information content (AvgIpc) is 2.89. The number of carbonyl (C=O) groups excluding carboxylic acids is 1. The van der Waals surface area contributed by atoms with Crippen molar-refractivity contribution in [3.05, 3.63) is 47.4 Å². The molecule has 0 aliphatic heterocycles. The van der Waals surface area contributed by atoms with Crippen molar-refractivity contribution in [2.24, 2.45) is 5.10 Å². The lowest BCUT2D eigenvalue weighted by Gasteiger charge is -2.05. The molecule has 0 atom stereocenters. The lowest BCUT2D eigenvalue weighted by Crippen LogP contribution is -2.16. The van der Waals surface area contributed by atoms with E-state index in [-0.39, 0.29) is 11.5 Å². The lowest BCUT2D eigenvalue weighted by atomic mass is 10.2. The van der Waals surface area contributed by atoms with Crippen LogP contribution in [0.1, 0.15) is 28.8 Å². The van der Waals surface area contributed by atoms with Gasteiger partial charge in [-0.15, -0.1) is 0 Å². The Morgan fingerprint density at radius 2 is 2.24 bits per heavy atom. The minimum atomic E-state index is -0.428. The summed E-state index contributed by atoms with van der Waals surface area (Å²) in [6.45, 7) is 4.03. The van der Waals surface area contributed by atoms with Crippen LogP contribution in [0.15, 0.2) is 39.9 Å². The first-order valence-corrected chi connectivity index (χ1v) is 6.46. The minimum Gasteiger partial charge on any atom is -0.504 e. The molecule has 0 unspecified atom stereocenters. The fourth-order valence-corrected chi connectivity index (χ4v) is 1.66. The number of furan rings is 1. The number of nitrogens with one attached hydrogen (secondary N) is 1. The van der Waals surface area contributed by atoms with Crippen molar-refractivity contribution in [2.75, 3.05) is 6.61 Å². The van der Waals surface area contributed by atoms with Gasteiger partial charge in [-0.3, -0.25) is 4.79 Å². The number of phenolic OH excluding ortho intramolecular Hbond substituents is 1. The Balaban J connectivity index is 2.01. The standard InChI is InChI=1S/C15H16N2O4/c1-3-20-14-8-11(5-6-12(14)18)9-16-17-15(19)13-7-4-10(2)21-13/h4-9,18H,3H2,1-2H3,(H,17,19)/b16-9+. The zero-order valence-corrected chi connectivity index (χ0v) is 11.8. The second-order valence-electron chi connectivity index (χ2n) is 4.27. The highest BCUT2D eigenvalue weighted by Gasteiger charge is 2.08. The smallest absolute Gasteiger partial charge is 0.307 e. The molecule has 0 aliphatic rings. The van der Waals surface area contributed by atoms with Gasteiger partial charge < -0.3 is 14.3 Å². The number of phenols is 1. The van der Waals surface area contributed by atoms with E-state index in [0.717, 1.165) is 0 Å². The van der Waals surface area contributed by atoms with Gasteiger partial charge in [-0.05, 0) is 49.7 Å². The quantitative estimate of drug-likeness (QED) is 0.654. The highest BCUT2D eigenvalue weighted by Crippen LogP contribution is 2.26. The molecule has 6 heteroatoms. The summed E-state index contributed by atoms with van der Waals surface area (Å²) >= 11 is 0. The van der Waals surface area contributed by atoms with Crippen LogP contribution in [-0.2, 0) is 0 Å². The van der Waals surface area contributed by atoms with E-state index in [1.54, 1.807) is 31.2 Å². The molecular formula is C15H16N2O4. The third-order valence-electron chi connectivity index (χ3n) is 2.63. The molecule has 1 aromatic carbocycles.